The van der Waals surface area contributed by atoms with Crippen molar-refractivity contribution in [1.29, 1.82) is 0 Å². The second-order valence-corrected chi connectivity index (χ2v) is 6.40. The molecule has 0 bridgehead atoms. The van der Waals surface area contributed by atoms with Gasteiger partial charge >= 0.3 is 0 Å². The Balaban J connectivity index is 1.97. The molecular weight excluding hydrogens is 292 g/mol. The monoisotopic (exact) mass is 328 g/mol. The molecule has 0 aromatic heterocycles. The van der Waals surface area contributed by atoms with Crippen LogP contribution < -0.4 is 10.6 Å². The third-order valence-electron chi connectivity index (χ3n) is 4.43. The van der Waals surface area contributed by atoms with Crippen LogP contribution in [0.1, 0.15) is 32.6 Å². The zero-order chi connectivity index (χ0) is 16.9. The van der Waals surface area contributed by atoms with Gasteiger partial charge in [-0.15, -0.1) is 0 Å². The molecule has 1 saturated heterocycles. The Labute approximate surface area is 141 Å². The number of nitrogens with zero attached hydrogens (tertiary/aromatic N) is 2. The molecule has 1 aliphatic heterocycles. The summed E-state index contributed by atoms with van der Waals surface area (Å²) in [5.41, 5.74) is 0. The van der Waals surface area contributed by atoms with Crippen molar-refractivity contribution < 1.29 is 9.53 Å². The van der Waals surface area contributed by atoms with Crippen LogP contribution in [0.15, 0.2) is 0 Å². The van der Waals surface area contributed by atoms with E-state index in [0.717, 1.165) is 71.6 Å². The minimum Gasteiger partial charge on any atom is -0.382 e. The van der Waals surface area contributed by atoms with Gasteiger partial charge in [-0.05, 0) is 53.2 Å². The number of likely N-dealkylation sites (tertiary alicyclic amines) is 1. The lowest BCUT2D eigenvalue weighted by molar-refractivity contribution is -0.122. The average molecular weight is 329 g/mol. The molecule has 1 amide bonds. The summed E-state index contributed by atoms with van der Waals surface area (Å²) in [6.07, 6.45) is 4.34. The standard InChI is InChI=1S/C17H36N4O2/c1-4-23-14-6-11-20(3)10-5-9-19-17(22)15-21-12-7-16(18-2)8-13-21/h16,18H,4-15H2,1-3H3,(H,19,22). The molecular formula is C17H36N4O2. The van der Waals surface area contributed by atoms with Crippen molar-refractivity contribution in [3.63, 3.8) is 0 Å². The van der Waals surface area contributed by atoms with Gasteiger partial charge in [-0.25, -0.2) is 0 Å². The first-order valence-corrected chi connectivity index (χ1v) is 9.08. The van der Waals surface area contributed by atoms with Crippen LogP contribution in [0.2, 0.25) is 0 Å². The first-order valence-electron chi connectivity index (χ1n) is 9.08. The highest BCUT2D eigenvalue weighted by Crippen LogP contribution is 2.08. The van der Waals surface area contributed by atoms with Crippen molar-refractivity contribution in [2.75, 3.05) is 66.6 Å². The smallest absolute Gasteiger partial charge is 0.234 e. The van der Waals surface area contributed by atoms with Crippen molar-refractivity contribution in [2.24, 2.45) is 0 Å². The van der Waals surface area contributed by atoms with Crippen molar-refractivity contribution in [1.82, 2.24) is 20.4 Å². The second-order valence-electron chi connectivity index (χ2n) is 6.40. The van der Waals surface area contributed by atoms with E-state index >= 15 is 0 Å². The van der Waals surface area contributed by atoms with Gasteiger partial charge in [-0.1, -0.05) is 0 Å². The highest BCUT2D eigenvalue weighted by atomic mass is 16.5. The van der Waals surface area contributed by atoms with Gasteiger partial charge in [0.25, 0.3) is 0 Å². The van der Waals surface area contributed by atoms with Crippen LogP contribution in [-0.4, -0.2) is 88.3 Å². The molecule has 2 N–H and O–H groups in total. The number of amides is 1. The summed E-state index contributed by atoms with van der Waals surface area (Å²) in [5.74, 6) is 0.159. The van der Waals surface area contributed by atoms with Gasteiger partial charge in [0.05, 0.1) is 6.54 Å². The van der Waals surface area contributed by atoms with Gasteiger partial charge in [-0.3, -0.25) is 9.69 Å². The Morgan fingerprint density at radius 3 is 2.61 bits per heavy atom. The molecule has 0 unspecified atom stereocenters. The Hall–Kier alpha value is -0.690. The van der Waals surface area contributed by atoms with E-state index in [9.17, 15) is 4.79 Å². The normalized spacial score (nSPS) is 16.9. The Kier molecular flexibility index (Phi) is 11.2. The largest absolute Gasteiger partial charge is 0.382 e. The SMILES string of the molecule is CCOCCCN(C)CCCNC(=O)CN1CCC(NC)CC1. The molecule has 6 nitrogen and oxygen atoms in total. The van der Waals surface area contributed by atoms with Gasteiger partial charge in [0, 0.05) is 45.4 Å². The highest BCUT2D eigenvalue weighted by molar-refractivity contribution is 5.77. The minimum absolute atomic E-state index is 0.159. The number of ether oxygens (including phenoxy) is 1. The molecule has 0 radical (unpaired) electrons. The quantitative estimate of drug-likeness (QED) is 0.512. The molecule has 136 valence electrons. The fourth-order valence-corrected chi connectivity index (χ4v) is 2.91. The fraction of sp³-hybridized carbons (Fsp3) is 0.941. The molecule has 1 fully saturated rings. The number of carbonyl (C=O) groups excluding carboxylic acids is 1. The molecule has 1 heterocycles. The average Bonchev–Trinajstić information content (AvgIpc) is 2.56. The zero-order valence-corrected chi connectivity index (χ0v) is 15.3. The number of carbonyl (C=O) groups is 1. The second kappa shape index (κ2) is 12.7. The van der Waals surface area contributed by atoms with Crippen LogP contribution in [-0.2, 0) is 9.53 Å². The summed E-state index contributed by atoms with van der Waals surface area (Å²) in [7, 11) is 4.14. The maximum absolute atomic E-state index is 12.0. The predicted molar refractivity (Wildman–Crippen MR) is 94.8 cm³/mol. The maximum Gasteiger partial charge on any atom is 0.234 e. The zero-order valence-electron chi connectivity index (χ0n) is 15.3. The lowest BCUT2D eigenvalue weighted by Gasteiger charge is -2.31. The summed E-state index contributed by atoms with van der Waals surface area (Å²) in [6.45, 7) is 9.05. The van der Waals surface area contributed by atoms with E-state index in [4.69, 9.17) is 4.74 Å². The van der Waals surface area contributed by atoms with Crippen LogP contribution in [0, 0.1) is 0 Å². The van der Waals surface area contributed by atoms with Gasteiger partial charge in [-0.2, -0.15) is 0 Å². The molecule has 0 spiro atoms. The Morgan fingerprint density at radius 2 is 1.96 bits per heavy atom. The third-order valence-corrected chi connectivity index (χ3v) is 4.43. The van der Waals surface area contributed by atoms with Crippen LogP contribution in [0.3, 0.4) is 0 Å². The lowest BCUT2D eigenvalue weighted by atomic mass is 10.1. The van der Waals surface area contributed by atoms with Crippen LogP contribution in [0.4, 0.5) is 0 Å². The van der Waals surface area contributed by atoms with Crippen LogP contribution >= 0.6 is 0 Å². The van der Waals surface area contributed by atoms with Gasteiger partial charge in [0.1, 0.15) is 0 Å². The Bertz CT molecular complexity index is 307. The molecule has 0 aliphatic carbocycles. The number of rotatable bonds is 12. The maximum atomic E-state index is 12.0. The number of nitrogens with one attached hydrogen (secondary N) is 2. The molecule has 1 aliphatic rings. The van der Waals surface area contributed by atoms with E-state index in [1.807, 2.05) is 14.0 Å². The predicted octanol–water partition coefficient (Wildman–Crippen LogP) is 0.535. The number of hydrogen-bond donors (Lipinski definition) is 2. The topological polar surface area (TPSA) is 56.8 Å². The van der Waals surface area contributed by atoms with Crippen LogP contribution in [0.25, 0.3) is 0 Å². The van der Waals surface area contributed by atoms with Gasteiger partial charge in [0.15, 0.2) is 0 Å². The van der Waals surface area contributed by atoms with Crippen molar-refractivity contribution in [3.8, 4) is 0 Å². The van der Waals surface area contributed by atoms with E-state index < -0.39 is 0 Å². The summed E-state index contributed by atoms with van der Waals surface area (Å²) < 4.78 is 5.33. The molecule has 0 saturated carbocycles. The first kappa shape index (κ1) is 20.4. The van der Waals surface area contributed by atoms with Crippen LogP contribution in [0.5, 0.6) is 0 Å². The first-order chi connectivity index (χ1) is 11.2. The minimum atomic E-state index is 0.159. The molecule has 0 atom stereocenters. The van der Waals surface area contributed by atoms with E-state index in [0.29, 0.717) is 12.6 Å². The summed E-state index contributed by atoms with van der Waals surface area (Å²) in [5, 5.41) is 6.35. The van der Waals surface area contributed by atoms with E-state index in [1.165, 1.54) is 0 Å². The molecule has 0 aromatic rings. The highest BCUT2D eigenvalue weighted by Gasteiger charge is 2.19. The fourth-order valence-electron chi connectivity index (χ4n) is 2.91. The molecule has 23 heavy (non-hydrogen) atoms. The van der Waals surface area contributed by atoms with E-state index in [1.54, 1.807) is 0 Å². The number of piperidine rings is 1. The third kappa shape index (κ3) is 9.91. The van der Waals surface area contributed by atoms with Gasteiger partial charge < -0.3 is 20.3 Å². The van der Waals surface area contributed by atoms with Crippen molar-refractivity contribution >= 4 is 5.91 Å². The molecule has 1 rings (SSSR count). The molecule has 6 heteroatoms. The summed E-state index contributed by atoms with van der Waals surface area (Å²) >= 11 is 0. The van der Waals surface area contributed by atoms with E-state index in [2.05, 4.69) is 27.5 Å². The lowest BCUT2D eigenvalue weighted by Crippen LogP contribution is -2.45. The molecule has 0 aromatic carbocycles. The van der Waals surface area contributed by atoms with Gasteiger partial charge in [0.2, 0.25) is 5.91 Å². The Morgan fingerprint density at radius 1 is 1.26 bits per heavy atom. The number of hydrogen-bond acceptors (Lipinski definition) is 5. The van der Waals surface area contributed by atoms with Crippen molar-refractivity contribution in [2.45, 2.75) is 38.6 Å². The summed E-state index contributed by atoms with van der Waals surface area (Å²) in [6, 6.07) is 0.618. The van der Waals surface area contributed by atoms with Crippen molar-refractivity contribution in [3.05, 3.63) is 0 Å². The van der Waals surface area contributed by atoms with E-state index in [-0.39, 0.29) is 5.91 Å². The summed E-state index contributed by atoms with van der Waals surface area (Å²) in [4.78, 5) is 16.5.